The predicted molar refractivity (Wildman–Crippen MR) is 115 cm³/mol. The maximum absolute atomic E-state index is 12.7. The van der Waals surface area contributed by atoms with Crippen LogP contribution in [0.5, 0.6) is 28.7 Å². The molecular formula is C22H20N2O6S. The van der Waals surface area contributed by atoms with Crippen LogP contribution in [0.3, 0.4) is 0 Å². The van der Waals surface area contributed by atoms with Gasteiger partial charge in [0.2, 0.25) is 24.2 Å². The molecule has 0 radical (unpaired) electrons. The van der Waals surface area contributed by atoms with Gasteiger partial charge in [0.25, 0.3) is 0 Å². The van der Waals surface area contributed by atoms with Crippen molar-refractivity contribution in [2.75, 3.05) is 33.4 Å². The molecule has 31 heavy (non-hydrogen) atoms. The molecule has 3 heterocycles. The molecule has 9 heteroatoms. The summed E-state index contributed by atoms with van der Waals surface area (Å²) < 4.78 is 32.3. The molecule has 1 aromatic heterocycles. The molecular weight excluding hydrogens is 420 g/mol. The van der Waals surface area contributed by atoms with E-state index in [9.17, 15) is 4.79 Å². The van der Waals surface area contributed by atoms with Crippen molar-refractivity contribution >= 4 is 23.1 Å². The number of ether oxygens (including phenoxy) is 5. The summed E-state index contributed by atoms with van der Waals surface area (Å²) in [5.41, 5.74) is 3.14. The molecule has 2 aliphatic rings. The molecule has 1 atom stereocenters. The van der Waals surface area contributed by atoms with Crippen LogP contribution >= 0.6 is 11.5 Å². The van der Waals surface area contributed by atoms with E-state index in [0.29, 0.717) is 23.0 Å². The van der Waals surface area contributed by atoms with Gasteiger partial charge in [-0.1, -0.05) is 0 Å². The minimum atomic E-state index is -0.258. The molecule has 5 rings (SSSR count). The molecule has 3 aromatic rings. The number of carbonyl (C=O) groups excluding carboxylic acids is 1. The van der Waals surface area contributed by atoms with Crippen LogP contribution in [0.4, 0.5) is 5.69 Å². The fraction of sp³-hybridized carbons (Fsp3) is 0.273. The molecule has 2 aromatic carbocycles. The Labute approximate surface area is 182 Å². The highest BCUT2D eigenvalue weighted by atomic mass is 32.1. The van der Waals surface area contributed by atoms with E-state index in [0.717, 1.165) is 33.1 Å². The molecule has 8 nitrogen and oxygen atoms in total. The summed E-state index contributed by atoms with van der Waals surface area (Å²) in [7, 11) is 4.77. The highest BCUT2D eigenvalue weighted by molar-refractivity contribution is 7.07. The van der Waals surface area contributed by atoms with Crippen LogP contribution in [0.1, 0.15) is 22.8 Å². The number of carbonyl (C=O) groups is 1. The van der Waals surface area contributed by atoms with Crippen LogP contribution in [0.2, 0.25) is 0 Å². The number of rotatable bonds is 5. The topological polar surface area (TPSA) is 88.1 Å². The van der Waals surface area contributed by atoms with Crippen LogP contribution in [0.15, 0.2) is 30.3 Å². The van der Waals surface area contributed by atoms with Gasteiger partial charge in [0, 0.05) is 23.5 Å². The lowest BCUT2D eigenvalue weighted by atomic mass is 9.88. The molecule has 2 aliphatic heterocycles. The average molecular weight is 440 g/mol. The van der Waals surface area contributed by atoms with E-state index in [4.69, 9.17) is 23.7 Å². The Bertz CT molecular complexity index is 1160. The number of nitrogens with one attached hydrogen (secondary N) is 1. The maximum Gasteiger partial charge on any atom is 0.231 e. The van der Waals surface area contributed by atoms with Crippen molar-refractivity contribution < 1.29 is 28.5 Å². The van der Waals surface area contributed by atoms with Crippen molar-refractivity contribution in [1.29, 1.82) is 0 Å². The van der Waals surface area contributed by atoms with Crippen molar-refractivity contribution in [2.45, 2.75) is 12.3 Å². The largest absolute Gasteiger partial charge is 0.497 e. The summed E-state index contributed by atoms with van der Waals surface area (Å²) >= 11 is 1.36. The smallest absolute Gasteiger partial charge is 0.231 e. The minimum absolute atomic E-state index is 0.0874. The Morgan fingerprint density at radius 2 is 1.84 bits per heavy atom. The van der Waals surface area contributed by atoms with Crippen LogP contribution in [-0.2, 0) is 4.79 Å². The number of methoxy groups -OCH3 is 3. The molecule has 0 saturated heterocycles. The third-order valence-corrected chi connectivity index (χ3v) is 6.40. The first-order chi connectivity index (χ1) is 15.1. The molecule has 1 unspecified atom stereocenters. The fourth-order valence-corrected chi connectivity index (χ4v) is 4.94. The lowest BCUT2D eigenvalue weighted by molar-refractivity contribution is -0.116. The third-order valence-electron chi connectivity index (χ3n) is 5.44. The second kappa shape index (κ2) is 7.66. The summed E-state index contributed by atoms with van der Waals surface area (Å²) in [6.45, 7) is 0.0874. The zero-order valence-electron chi connectivity index (χ0n) is 17.2. The summed E-state index contributed by atoms with van der Waals surface area (Å²) in [5.74, 6) is 2.48. The van der Waals surface area contributed by atoms with Gasteiger partial charge in [-0.2, -0.15) is 4.37 Å². The standard InChI is InChI=1S/C22H20N2O6S/c1-26-12-6-4-11(5-7-12)17-18-22(31-24-17)14(9-16(25)23-18)13-8-15(27-2)20-21(19(13)28-3)30-10-29-20/h4-8,14H,9-10H2,1-3H3,(H,23,25). The van der Waals surface area contributed by atoms with Gasteiger partial charge >= 0.3 is 0 Å². The Morgan fingerprint density at radius 3 is 2.55 bits per heavy atom. The number of hydrogen-bond donors (Lipinski definition) is 1. The fourth-order valence-electron chi connectivity index (χ4n) is 3.98. The first kappa shape index (κ1) is 19.5. The molecule has 0 fully saturated rings. The van der Waals surface area contributed by atoms with Gasteiger partial charge in [0.05, 0.1) is 31.9 Å². The number of nitrogens with zero attached hydrogens (tertiary/aromatic N) is 1. The van der Waals surface area contributed by atoms with Crippen LogP contribution < -0.4 is 29.0 Å². The monoisotopic (exact) mass is 440 g/mol. The molecule has 0 spiro atoms. The van der Waals surface area contributed by atoms with Gasteiger partial charge in [-0.05, 0) is 41.9 Å². The Kier molecular flexibility index (Phi) is 4.82. The second-order valence-corrected chi connectivity index (χ2v) is 7.87. The summed E-state index contributed by atoms with van der Waals surface area (Å²) in [4.78, 5) is 13.6. The van der Waals surface area contributed by atoms with E-state index in [1.54, 1.807) is 21.3 Å². The zero-order valence-corrected chi connectivity index (χ0v) is 18.0. The van der Waals surface area contributed by atoms with Gasteiger partial charge in [0.1, 0.15) is 11.4 Å². The predicted octanol–water partition coefficient (Wildman–Crippen LogP) is 4.04. The van der Waals surface area contributed by atoms with Crippen molar-refractivity contribution in [2.24, 2.45) is 0 Å². The number of aromatic nitrogens is 1. The number of amides is 1. The number of benzene rings is 2. The van der Waals surface area contributed by atoms with Gasteiger partial charge in [-0.3, -0.25) is 4.79 Å². The Morgan fingerprint density at radius 1 is 1.06 bits per heavy atom. The lowest BCUT2D eigenvalue weighted by Gasteiger charge is -2.25. The molecule has 0 saturated carbocycles. The number of hydrogen-bond acceptors (Lipinski definition) is 8. The SMILES string of the molecule is COc1ccc(-c2nsc3c2NC(=O)CC3c2cc(OC)c3c(c2OC)OCO3)cc1. The van der Waals surface area contributed by atoms with Crippen molar-refractivity contribution in [1.82, 2.24) is 4.37 Å². The van der Waals surface area contributed by atoms with E-state index in [-0.39, 0.29) is 25.0 Å². The number of anilines is 1. The lowest BCUT2D eigenvalue weighted by Crippen LogP contribution is -2.23. The first-order valence-corrected chi connectivity index (χ1v) is 10.4. The van der Waals surface area contributed by atoms with E-state index in [1.165, 1.54) is 11.5 Å². The highest BCUT2D eigenvalue weighted by Gasteiger charge is 2.37. The molecule has 0 aliphatic carbocycles. The third kappa shape index (κ3) is 3.12. The van der Waals surface area contributed by atoms with Gasteiger partial charge < -0.3 is 29.0 Å². The van der Waals surface area contributed by atoms with E-state index in [1.807, 2.05) is 30.3 Å². The van der Waals surface area contributed by atoms with E-state index < -0.39 is 0 Å². The van der Waals surface area contributed by atoms with Crippen LogP contribution in [-0.4, -0.2) is 38.4 Å². The van der Waals surface area contributed by atoms with Crippen molar-refractivity contribution in [3.05, 3.63) is 40.8 Å². The second-order valence-electron chi connectivity index (χ2n) is 7.07. The van der Waals surface area contributed by atoms with Crippen molar-refractivity contribution in [3.63, 3.8) is 0 Å². The van der Waals surface area contributed by atoms with Crippen LogP contribution in [0, 0.1) is 0 Å². The Balaban J connectivity index is 1.64. The first-order valence-electron chi connectivity index (χ1n) is 9.63. The molecule has 0 bridgehead atoms. The van der Waals surface area contributed by atoms with E-state index in [2.05, 4.69) is 9.69 Å². The average Bonchev–Trinajstić information content (AvgIpc) is 3.45. The van der Waals surface area contributed by atoms with Crippen LogP contribution in [0.25, 0.3) is 11.3 Å². The summed E-state index contributed by atoms with van der Waals surface area (Å²) in [5, 5.41) is 3.00. The maximum atomic E-state index is 12.7. The van der Waals surface area contributed by atoms with Gasteiger partial charge in [-0.25, -0.2) is 0 Å². The minimum Gasteiger partial charge on any atom is -0.497 e. The molecule has 1 N–H and O–H groups in total. The summed E-state index contributed by atoms with van der Waals surface area (Å²) in [6.07, 6.45) is 0.260. The zero-order chi connectivity index (χ0) is 21.5. The van der Waals surface area contributed by atoms with Crippen molar-refractivity contribution in [3.8, 4) is 40.0 Å². The summed E-state index contributed by atoms with van der Waals surface area (Å²) in [6, 6.07) is 9.44. The molecule has 1 amide bonds. The van der Waals surface area contributed by atoms with E-state index >= 15 is 0 Å². The quantitative estimate of drug-likeness (QED) is 0.641. The Hall–Kier alpha value is -3.46. The highest BCUT2D eigenvalue weighted by Crippen LogP contribution is 2.55. The van der Waals surface area contributed by atoms with Gasteiger partial charge in [0.15, 0.2) is 11.5 Å². The normalized spacial score (nSPS) is 16.5. The number of fused-ring (bicyclic) bond motifs is 2. The molecule has 160 valence electrons. The van der Waals surface area contributed by atoms with Gasteiger partial charge in [-0.15, -0.1) is 0 Å².